The summed E-state index contributed by atoms with van der Waals surface area (Å²) in [7, 11) is 0. The van der Waals surface area contributed by atoms with Crippen LogP contribution in [0.25, 0.3) is 0 Å². The van der Waals surface area contributed by atoms with Gasteiger partial charge in [-0.15, -0.1) is 0 Å². The van der Waals surface area contributed by atoms with Crippen molar-refractivity contribution in [3.05, 3.63) is 0 Å². The minimum absolute atomic E-state index is 0.519. The molecule has 174 valence electrons. The van der Waals surface area contributed by atoms with Gasteiger partial charge in [-0.3, -0.25) is 0 Å². The topological polar surface area (TPSA) is 0 Å². The van der Waals surface area contributed by atoms with Crippen LogP contribution in [0.1, 0.15) is 150 Å². The molecule has 4 aliphatic rings. The number of fused-ring (bicyclic) bond motifs is 1. The molecule has 0 aliphatic heterocycles. The lowest BCUT2D eigenvalue weighted by molar-refractivity contribution is -0.153. The minimum Gasteiger partial charge on any atom is -0.0596 e. The molecular weight excluding hydrogens is 360 g/mol. The normalized spacial score (nSPS) is 39.3. The molecule has 4 saturated carbocycles. The Balaban J connectivity index is 1.68. The van der Waals surface area contributed by atoms with Gasteiger partial charge in [-0.1, -0.05) is 92.4 Å². The summed E-state index contributed by atoms with van der Waals surface area (Å²) in [6.45, 7) is 13.7. The van der Waals surface area contributed by atoms with Crippen LogP contribution in [0.5, 0.6) is 0 Å². The van der Waals surface area contributed by atoms with Crippen molar-refractivity contribution in [2.45, 2.75) is 150 Å². The number of hydrogen-bond acceptors (Lipinski definition) is 0. The van der Waals surface area contributed by atoms with E-state index in [1.807, 2.05) is 0 Å². The molecule has 0 N–H and O–H groups in total. The zero-order chi connectivity index (χ0) is 21.5. The maximum Gasteiger partial charge on any atom is -0.0238 e. The first-order chi connectivity index (χ1) is 14.2. The highest BCUT2D eigenvalue weighted by molar-refractivity contribution is 5.09. The average Bonchev–Trinajstić information content (AvgIpc) is 2.74. The maximum atomic E-state index is 2.84. The fourth-order valence-electron chi connectivity index (χ4n) is 10.00. The van der Waals surface area contributed by atoms with Crippen LogP contribution in [0.4, 0.5) is 0 Å². The van der Waals surface area contributed by atoms with E-state index in [4.69, 9.17) is 0 Å². The molecule has 0 heteroatoms. The molecule has 0 amide bonds. The monoisotopic (exact) mass is 414 g/mol. The molecule has 0 bridgehead atoms. The van der Waals surface area contributed by atoms with Crippen LogP contribution in [0, 0.1) is 39.4 Å². The van der Waals surface area contributed by atoms with Gasteiger partial charge in [0.15, 0.2) is 0 Å². The van der Waals surface area contributed by atoms with E-state index in [1.165, 1.54) is 116 Å². The fourth-order valence-corrected chi connectivity index (χ4v) is 10.00. The summed E-state index contributed by atoms with van der Waals surface area (Å²) in [5.74, 6) is 2.92. The standard InChI is InChI=1S/C30H54/c1-27(2,24-15-8-6-9-16-24)23-29(4,25-17-10-7-11-18-25)26-19-14-21-28(3)20-12-13-22-30(26,28)5/h24-26H,6-23H2,1-5H3. The molecule has 0 saturated heterocycles. The van der Waals surface area contributed by atoms with Crippen molar-refractivity contribution in [2.75, 3.05) is 0 Å². The summed E-state index contributed by atoms with van der Waals surface area (Å²) in [5, 5.41) is 0. The SMILES string of the molecule is CC(C)(CC(C)(C1CCCCC1)C1CCCC2(C)CCCCC12C)C1CCCCC1. The highest BCUT2D eigenvalue weighted by Crippen LogP contribution is 2.68. The van der Waals surface area contributed by atoms with Crippen molar-refractivity contribution in [3.63, 3.8) is 0 Å². The van der Waals surface area contributed by atoms with Crippen molar-refractivity contribution >= 4 is 0 Å². The molecule has 0 aromatic rings. The molecule has 4 atom stereocenters. The molecule has 0 spiro atoms. The van der Waals surface area contributed by atoms with Crippen LogP contribution in [0.2, 0.25) is 0 Å². The molecule has 0 nitrogen and oxygen atoms in total. The van der Waals surface area contributed by atoms with Crippen molar-refractivity contribution in [3.8, 4) is 0 Å². The molecular formula is C30H54. The summed E-state index contributed by atoms with van der Waals surface area (Å²) >= 11 is 0. The van der Waals surface area contributed by atoms with Crippen molar-refractivity contribution in [1.29, 1.82) is 0 Å². The van der Waals surface area contributed by atoms with Gasteiger partial charge in [-0.2, -0.15) is 0 Å². The average molecular weight is 415 g/mol. The quantitative estimate of drug-likeness (QED) is 0.419. The summed E-state index contributed by atoms with van der Waals surface area (Å²) in [6.07, 6.45) is 27.1. The predicted octanol–water partition coefficient (Wildman–Crippen LogP) is 9.96. The summed E-state index contributed by atoms with van der Waals surface area (Å²) < 4.78 is 0. The van der Waals surface area contributed by atoms with E-state index in [2.05, 4.69) is 34.6 Å². The molecule has 0 radical (unpaired) electrons. The van der Waals surface area contributed by atoms with E-state index in [1.54, 1.807) is 0 Å². The second kappa shape index (κ2) is 8.74. The van der Waals surface area contributed by atoms with Crippen LogP contribution in [0.3, 0.4) is 0 Å². The Morgan fingerprint density at radius 1 is 0.600 bits per heavy atom. The van der Waals surface area contributed by atoms with Gasteiger partial charge in [0.2, 0.25) is 0 Å². The van der Waals surface area contributed by atoms with E-state index >= 15 is 0 Å². The maximum absolute atomic E-state index is 2.84. The van der Waals surface area contributed by atoms with Gasteiger partial charge < -0.3 is 0 Å². The Kier molecular flexibility index (Phi) is 6.75. The number of rotatable bonds is 5. The van der Waals surface area contributed by atoms with E-state index in [9.17, 15) is 0 Å². The van der Waals surface area contributed by atoms with E-state index in [-0.39, 0.29) is 0 Å². The third kappa shape index (κ3) is 4.05. The molecule has 30 heavy (non-hydrogen) atoms. The van der Waals surface area contributed by atoms with Gasteiger partial charge in [-0.05, 0) is 97.2 Å². The third-order valence-corrected chi connectivity index (χ3v) is 11.9. The van der Waals surface area contributed by atoms with Crippen LogP contribution < -0.4 is 0 Å². The number of hydrogen-bond donors (Lipinski definition) is 0. The molecule has 0 aromatic heterocycles. The highest BCUT2D eigenvalue weighted by atomic mass is 14.6. The van der Waals surface area contributed by atoms with Gasteiger partial charge in [0.25, 0.3) is 0 Å². The molecule has 4 aliphatic carbocycles. The molecule has 0 heterocycles. The lowest BCUT2D eigenvalue weighted by Gasteiger charge is -2.65. The van der Waals surface area contributed by atoms with Gasteiger partial charge in [0, 0.05) is 0 Å². The first kappa shape index (κ1) is 23.2. The van der Waals surface area contributed by atoms with Crippen molar-refractivity contribution < 1.29 is 0 Å². The van der Waals surface area contributed by atoms with Crippen molar-refractivity contribution in [2.24, 2.45) is 39.4 Å². The summed E-state index contributed by atoms with van der Waals surface area (Å²) in [6, 6.07) is 0. The van der Waals surface area contributed by atoms with Crippen LogP contribution in [-0.2, 0) is 0 Å². The lowest BCUT2D eigenvalue weighted by Crippen LogP contribution is -2.56. The Morgan fingerprint density at radius 2 is 1.13 bits per heavy atom. The second-order valence-corrected chi connectivity index (χ2v) is 14.0. The van der Waals surface area contributed by atoms with Crippen LogP contribution in [0.15, 0.2) is 0 Å². The van der Waals surface area contributed by atoms with Crippen LogP contribution in [-0.4, -0.2) is 0 Å². The van der Waals surface area contributed by atoms with Gasteiger partial charge in [0.1, 0.15) is 0 Å². The Morgan fingerprint density at radius 3 is 1.77 bits per heavy atom. The van der Waals surface area contributed by atoms with Gasteiger partial charge in [-0.25, -0.2) is 0 Å². The Labute approximate surface area is 189 Å². The van der Waals surface area contributed by atoms with E-state index < -0.39 is 0 Å². The Bertz CT molecular complexity index is 559. The highest BCUT2D eigenvalue weighted by Gasteiger charge is 2.59. The summed E-state index contributed by atoms with van der Waals surface area (Å²) in [5.41, 5.74) is 2.26. The zero-order valence-electron chi connectivity index (χ0n) is 21.5. The third-order valence-electron chi connectivity index (χ3n) is 11.9. The van der Waals surface area contributed by atoms with Gasteiger partial charge in [0.05, 0.1) is 0 Å². The molecule has 4 unspecified atom stereocenters. The first-order valence-corrected chi connectivity index (χ1v) is 14.2. The minimum atomic E-state index is 0.519. The van der Waals surface area contributed by atoms with Gasteiger partial charge >= 0.3 is 0 Å². The lowest BCUT2D eigenvalue weighted by atomic mass is 9.40. The largest absolute Gasteiger partial charge is 0.0596 e. The Hall–Kier alpha value is 0. The second-order valence-electron chi connectivity index (χ2n) is 14.0. The molecule has 4 fully saturated rings. The van der Waals surface area contributed by atoms with E-state index in [0.29, 0.717) is 21.7 Å². The molecule has 0 aromatic carbocycles. The molecule has 4 rings (SSSR count). The smallest absolute Gasteiger partial charge is 0.0238 e. The predicted molar refractivity (Wildman–Crippen MR) is 132 cm³/mol. The summed E-state index contributed by atoms with van der Waals surface area (Å²) in [4.78, 5) is 0. The zero-order valence-corrected chi connectivity index (χ0v) is 21.5. The van der Waals surface area contributed by atoms with Crippen LogP contribution >= 0.6 is 0 Å². The first-order valence-electron chi connectivity index (χ1n) is 14.2. The van der Waals surface area contributed by atoms with E-state index in [0.717, 1.165) is 17.8 Å². The van der Waals surface area contributed by atoms with Crippen molar-refractivity contribution in [1.82, 2.24) is 0 Å². The fraction of sp³-hybridized carbons (Fsp3) is 1.00.